The van der Waals surface area contributed by atoms with E-state index in [0.717, 1.165) is 11.6 Å². The van der Waals surface area contributed by atoms with Crippen LogP contribution >= 0.6 is 11.6 Å². The van der Waals surface area contributed by atoms with Crippen LogP contribution in [0.25, 0.3) is 0 Å². The van der Waals surface area contributed by atoms with Gasteiger partial charge in [-0.3, -0.25) is 9.59 Å². The number of amides is 2. The van der Waals surface area contributed by atoms with E-state index in [-0.39, 0.29) is 12.1 Å². The molecule has 0 aliphatic heterocycles. The third kappa shape index (κ3) is 4.05. The highest BCUT2D eigenvalue weighted by molar-refractivity contribution is 6.31. The van der Waals surface area contributed by atoms with Crippen molar-refractivity contribution in [2.24, 2.45) is 0 Å². The van der Waals surface area contributed by atoms with E-state index in [9.17, 15) is 14.0 Å². The van der Waals surface area contributed by atoms with Crippen molar-refractivity contribution in [1.82, 2.24) is 5.32 Å². The fourth-order valence-electron chi connectivity index (χ4n) is 1.83. The van der Waals surface area contributed by atoms with E-state index in [0.29, 0.717) is 10.7 Å². The molecule has 0 aromatic heterocycles. The lowest BCUT2D eigenvalue weighted by molar-refractivity contribution is -0.115. The van der Waals surface area contributed by atoms with E-state index >= 15 is 0 Å². The Morgan fingerprint density at radius 3 is 2.64 bits per heavy atom. The molecule has 0 atom stereocenters. The monoisotopic (exact) mass is 320 g/mol. The van der Waals surface area contributed by atoms with Crippen molar-refractivity contribution in [3.05, 3.63) is 64.4 Å². The van der Waals surface area contributed by atoms with Crippen LogP contribution < -0.4 is 10.6 Å². The summed E-state index contributed by atoms with van der Waals surface area (Å²) in [5, 5.41) is 5.63. The predicted molar refractivity (Wildman–Crippen MR) is 83.6 cm³/mol. The average Bonchev–Trinajstić information content (AvgIpc) is 2.49. The third-order valence-electron chi connectivity index (χ3n) is 3.04. The minimum absolute atomic E-state index is 0.159. The van der Waals surface area contributed by atoms with Gasteiger partial charge in [0.15, 0.2) is 0 Å². The van der Waals surface area contributed by atoms with E-state index in [1.54, 1.807) is 25.1 Å². The van der Waals surface area contributed by atoms with E-state index in [1.165, 1.54) is 18.2 Å². The molecular weight excluding hydrogens is 307 g/mol. The predicted octanol–water partition coefficient (Wildman–Crippen LogP) is 3.16. The van der Waals surface area contributed by atoms with Gasteiger partial charge in [0.2, 0.25) is 5.91 Å². The highest BCUT2D eigenvalue weighted by Crippen LogP contribution is 2.22. The number of hydrogen-bond acceptors (Lipinski definition) is 2. The van der Waals surface area contributed by atoms with Gasteiger partial charge in [-0.15, -0.1) is 0 Å². The molecule has 4 nitrogen and oxygen atoms in total. The Hall–Kier alpha value is -2.40. The molecule has 0 radical (unpaired) electrons. The number of carbonyl (C=O) groups is 2. The first kappa shape index (κ1) is 16.0. The Kier molecular flexibility index (Phi) is 5.12. The number of hydrogen-bond donors (Lipinski definition) is 2. The van der Waals surface area contributed by atoms with Gasteiger partial charge < -0.3 is 10.6 Å². The second-order valence-electron chi connectivity index (χ2n) is 4.65. The number of carbonyl (C=O) groups excluding carboxylic acids is 2. The molecule has 2 aromatic rings. The molecule has 2 rings (SSSR count). The van der Waals surface area contributed by atoms with Gasteiger partial charge in [0.1, 0.15) is 5.82 Å². The van der Waals surface area contributed by atoms with Gasteiger partial charge in [0.25, 0.3) is 5.91 Å². The molecule has 0 unspecified atom stereocenters. The molecule has 6 heteroatoms. The fraction of sp³-hybridized carbons (Fsp3) is 0.125. The van der Waals surface area contributed by atoms with Gasteiger partial charge in [-0.1, -0.05) is 23.7 Å². The number of rotatable bonds is 4. The topological polar surface area (TPSA) is 58.2 Å². The second kappa shape index (κ2) is 7.04. The SMILES string of the molecule is Cc1c(Cl)cccc1NC(=O)CNC(=O)c1cccc(F)c1. The molecule has 2 aromatic carbocycles. The lowest BCUT2D eigenvalue weighted by Crippen LogP contribution is -2.33. The van der Waals surface area contributed by atoms with Gasteiger partial charge in [-0.2, -0.15) is 0 Å². The van der Waals surface area contributed by atoms with Gasteiger partial charge in [-0.05, 0) is 42.8 Å². The van der Waals surface area contributed by atoms with Gasteiger partial charge in [-0.25, -0.2) is 4.39 Å². The Morgan fingerprint density at radius 1 is 1.18 bits per heavy atom. The molecule has 0 saturated heterocycles. The second-order valence-corrected chi connectivity index (χ2v) is 5.06. The molecule has 2 amide bonds. The standard InChI is InChI=1S/C16H14ClFN2O2/c1-10-13(17)6-3-7-14(10)20-15(21)9-19-16(22)11-4-2-5-12(18)8-11/h2-8H,9H2,1H3,(H,19,22)(H,20,21). The van der Waals surface area contributed by atoms with Crippen LogP contribution in [0, 0.1) is 12.7 Å². The number of nitrogens with one attached hydrogen (secondary N) is 2. The van der Waals surface area contributed by atoms with Crippen LogP contribution in [-0.4, -0.2) is 18.4 Å². The summed E-state index contributed by atoms with van der Waals surface area (Å²) in [5.41, 5.74) is 1.48. The van der Waals surface area contributed by atoms with E-state index in [4.69, 9.17) is 11.6 Å². The largest absolute Gasteiger partial charge is 0.343 e. The summed E-state index contributed by atoms with van der Waals surface area (Å²) in [6.07, 6.45) is 0. The summed E-state index contributed by atoms with van der Waals surface area (Å²) in [6.45, 7) is 1.56. The van der Waals surface area contributed by atoms with Crippen LogP contribution in [0.15, 0.2) is 42.5 Å². The van der Waals surface area contributed by atoms with Crippen LogP contribution in [0.1, 0.15) is 15.9 Å². The highest BCUT2D eigenvalue weighted by atomic mass is 35.5. The Labute approximate surface area is 132 Å². The lowest BCUT2D eigenvalue weighted by Gasteiger charge is -2.10. The first-order chi connectivity index (χ1) is 10.5. The van der Waals surface area contributed by atoms with Crippen molar-refractivity contribution in [3.63, 3.8) is 0 Å². The minimum atomic E-state index is -0.516. The summed E-state index contributed by atoms with van der Waals surface area (Å²) in [4.78, 5) is 23.6. The maximum atomic E-state index is 13.0. The summed E-state index contributed by atoms with van der Waals surface area (Å²) >= 11 is 5.96. The quantitative estimate of drug-likeness (QED) is 0.909. The number of halogens is 2. The number of anilines is 1. The van der Waals surface area contributed by atoms with Crippen LogP contribution in [-0.2, 0) is 4.79 Å². The summed E-state index contributed by atoms with van der Waals surface area (Å²) in [7, 11) is 0. The summed E-state index contributed by atoms with van der Waals surface area (Å²) in [5.74, 6) is -1.42. The van der Waals surface area contributed by atoms with Crippen molar-refractivity contribution >= 4 is 29.1 Å². The van der Waals surface area contributed by atoms with E-state index in [1.807, 2.05) is 0 Å². The van der Waals surface area contributed by atoms with Crippen LogP contribution in [0.5, 0.6) is 0 Å². The highest BCUT2D eigenvalue weighted by Gasteiger charge is 2.10. The molecule has 0 aliphatic carbocycles. The lowest BCUT2D eigenvalue weighted by atomic mass is 10.2. The van der Waals surface area contributed by atoms with Crippen molar-refractivity contribution < 1.29 is 14.0 Å². The van der Waals surface area contributed by atoms with Gasteiger partial charge in [0.05, 0.1) is 6.54 Å². The third-order valence-corrected chi connectivity index (χ3v) is 3.45. The zero-order chi connectivity index (χ0) is 16.1. The van der Waals surface area contributed by atoms with E-state index in [2.05, 4.69) is 10.6 Å². The zero-order valence-corrected chi connectivity index (χ0v) is 12.6. The zero-order valence-electron chi connectivity index (χ0n) is 11.8. The minimum Gasteiger partial charge on any atom is -0.343 e. The Bertz CT molecular complexity index is 719. The maximum absolute atomic E-state index is 13.0. The van der Waals surface area contributed by atoms with Crippen molar-refractivity contribution in [1.29, 1.82) is 0 Å². The molecule has 0 spiro atoms. The summed E-state index contributed by atoms with van der Waals surface area (Å²) in [6, 6.07) is 10.4. The van der Waals surface area contributed by atoms with Gasteiger partial charge >= 0.3 is 0 Å². The normalized spacial score (nSPS) is 10.1. The van der Waals surface area contributed by atoms with Gasteiger partial charge in [0, 0.05) is 16.3 Å². The first-order valence-corrected chi connectivity index (χ1v) is 6.94. The molecule has 22 heavy (non-hydrogen) atoms. The van der Waals surface area contributed by atoms with Crippen LogP contribution in [0.2, 0.25) is 5.02 Å². The molecule has 0 fully saturated rings. The average molecular weight is 321 g/mol. The fourth-order valence-corrected chi connectivity index (χ4v) is 2.00. The number of benzene rings is 2. The smallest absolute Gasteiger partial charge is 0.251 e. The Morgan fingerprint density at radius 2 is 1.91 bits per heavy atom. The van der Waals surface area contributed by atoms with Crippen LogP contribution in [0.4, 0.5) is 10.1 Å². The molecule has 114 valence electrons. The molecule has 0 saturated carbocycles. The van der Waals surface area contributed by atoms with Crippen molar-refractivity contribution in [2.45, 2.75) is 6.92 Å². The van der Waals surface area contributed by atoms with Crippen molar-refractivity contribution in [3.8, 4) is 0 Å². The molecule has 0 bridgehead atoms. The van der Waals surface area contributed by atoms with E-state index < -0.39 is 17.6 Å². The molecular formula is C16H14ClFN2O2. The van der Waals surface area contributed by atoms with Crippen LogP contribution in [0.3, 0.4) is 0 Å². The van der Waals surface area contributed by atoms with Crippen molar-refractivity contribution in [2.75, 3.05) is 11.9 Å². The molecule has 2 N–H and O–H groups in total. The first-order valence-electron chi connectivity index (χ1n) is 6.56. The molecule has 0 aliphatic rings. The summed E-state index contributed by atoms with van der Waals surface area (Å²) < 4.78 is 13.0. The maximum Gasteiger partial charge on any atom is 0.251 e. The molecule has 0 heterocycles. The Balaban J connectivity index is 1.93.